The fraction of sp³-hybridized carbons (Fsp3) is 0.350. The largest absolute Gasteiger partial charge is 0.497 e. The molecule has 0 radical (unpaired) electrons. The van der Waals surface area contributed by atoms with Crippen molar-refractivity contribution in [2.75, 3.05) is 38.1 Å². The van der Waals surface area contributed by atoms with Crippen LogP contribution >= 0.6 is 0 Å². The summed E-state index contributed by atoms with van der Waals surface area (Å²) in [6, 6.07) is 9.98. The van der Waals surface area contributed by atoms with E-state index in [1.54, 1.807) is 55.1 Å². The van der Waals surface area contributed by atoms with Gasteiger partial charge in [0.2, 0.25) is 0 Å². The first-order valence-corrected chi connectivity index (χ1v) is 10.5. The van der Waals surface area contributed by atoms with Gasteiger partial charge in [-0.05, 0) is 49.2 Å². The number of benzene rings is 2. The molecule has 7 nitrogen and oxygen atoms in total. The third kappa shape index (κ3) is 4.13. The van der Waals surface area contributed by atoms with E-state index in [2.05, 4.69) is 4.72 Å². The van der Waals surface area contributed by atoms with Gasteiger partial charge in [0.05, 0.1) is 36.5 Å². The lowest BCUT2D eigenvalue weighted by Gasteiger charge is -2.27. The average molecular weight is 404 g/mol. The lowest BCUT2D eigenvalue weighted by molar-refractivity contribution is 0.0303. The standard InChI is InChI=1S/C20H24N2O5S/c1-14-12-16(26-3)13-15(2)19(14)28(24,25)21-18-7-5-4-6-17(18)20(23)22-8-10-27-11-9-22/h4-7,12-13,21H,8-11H2,1-3H3. The van der Waals surface area contributed by atoms with E-state index in [1.165, 1.54) is 7.11 Å². The van der Waals surface area contributed by atoms with E-state index >= 15 is 0 Å². The summed E-state index contributed by atoms with van der Waals surface area (Å²) in [4.78, 5) is 14.7. The minimum Gasteiger partial charge on any atom is -0.497 e. The van der Waals surface area contributed by atoms with Crippen molar-refractivity contribution in [2.24, 2.45) is 0 Å². The molecule has 1 heterocycles. The van der Waals surface area contributed by atoms with Gasteiger partial charge in [0.15, 0.2) is 0 Å². The molecule has 1 amide bonds. The minimum atomic E-state index is -3.89. The summed E-state index contributed by atoms with van der Waals surface area (Å²) < 4.78 is 39.3. The van der Waals surface area contributed by atoms with Gasteiger partial charge in [-0.3, -0.25) is 9.52 Å². The van der Waals surface area contributed by atoms with Crippen LogP contribution in [-0.2, 0) is 14.8 Å². The Labute approximate surface area is 165 Å². The van der Waals surface area contributed by atoms with Crippen molar-refractivity contribution in [3.8, 4) is 5.75 Å². The number of sulfonamides is 1. The molecule has 1 N–H and O–H groups in total. The lowest BCUT2D eigenvalue weighted by Crippen LogP contribution is -2.41. The highest BCUT2D eigenvalue weighted by Gasteiger charge is 2.25. The van der Waals surface area contributed by atoms with E-state index in [9.17, 15) is 13.2 Å². The van der Waals surface area contributed by atoms with Crippen molar-refractivity contribution < 1.29 is 22.7 Å². The number of methoxy groups -OCH3 is 1. The molecule has 1 fully saturated rings. The molecule has 0 saturated carbocycles. The van der Waals surface area contributed by atoms with Gasteiger partial charge >= 0.3 is 0 Å². The fourth-order valence-corrected chi connectivity index (χ4v) is 4.88. The Hall–Kier alpha value is -2.58. The molecule has 0 atom stereocenters. The predicted octanol–water partition coefficient (Wildman–Crippen LogP) is 2.59. The molecule has 28 heavy (non-hydrogen) atoms. The average Bonchev–Trinajstić information content (AvgIpc) is 2.67. The Morgan fingerprint density at radius 3 is 2.32 bits per heavy atom. The highest BCUT2D eigenvalue weighted by molar-refractivity contribution is 7.92. The molecule has 2 aromatic rings. The highest BCUT2D eigenvalue weighted by Crippen LogP contribution is 2.28. The Bertz CT molecular complexity index is 959. The van der Waals surface area contributed by atoms with Crippen molar-refractivity contribution in [3.63, 3.8) is 0 Å². The molecular formula is C20H24N2O5S. The summed E-state index contributed by atoms with van der Waals surface area (Å²) in [5, 5.41) is 0. The summed E-state index contributed by atoms with van der Waals surface area (Å²) in [7, 11) is -2.35. The quantitative estimate of drug-likeness (QED) is 0.828. The van der Waals surface area contributed by atoms with E-state index in [0.29, 0.717) is 48.7 Å². The lowest BCUT2D eigenvalue weighted by atomic mass is 10.1. The minimum absolute atomic E-state index is 0.182. The first-order valence-electron chi connectivity index (χ1n) is 8.97. The second-order valence-corrected chi connectivity index (χ2v) is 8.27. The number of amides is 1. The van der Waals surface area contributed by atoms with Crippen LogP contribution in [0.25, 0.3) is 0 Å². The van der Waals surface area contributed by atoms with E-state index in [4.69, 9.17) is 9.47 Å². The fourth-order valence-electron chi connectivity index (χ4n) is 3.34. The third-order valence-electron chi connectivity index (χ3n) is 4.64. The third-order valence-corrected chi connectivity index (χ3v) is 6.31. The van der Waals surface area contributed by atoms with Crippen LogP contribution in [0.2, 0.25) is 0 Å². The van der Waals surface area contributed by atoms with Crippen LogP contribution < -0.4 is 9.46 Å². The first-order chi connectivity index (χ1) is 13.3. The second-order valence-electron chi connectivity index (χ2n) is 6.65. The summed E-state index contributed by atoms with van der Waals surface area (Å²) in [6.07, 6.45) is 0. The Morgan fingerprint density at radius 1 is 1.11 bits per heavy atom. The number of carbonyl (C=O) groups is 1. The molecule has 150 valence electrons. The van der Waals surface area contributed by atoms with Crippen LogP contribution in [0.4, 0.5) is 5.69 Å². The molecule has 1 aliphatic heterocycles. The number of nitrogens with one attached hydrogen (secondary N) is 1. The molecule has 0 bridgehead atoms. The van der Waals surface area contributed by atoms with E-state index in [-0.39, 0.29) is 16.5 Å². The number of anilines is 1. The molecule has 1 aliphatic rings. The molecule has 2 aromatic carbocycles. The van der Waals surface area contributed by atoms with Crippen LogP contribution in [0, 0.1) is 13.8 Å². The van der Waals surface area contributed by atoms with Gasteiger partial charge in [0, 0.05) is 13.1 Å². The van der Waals surface area contributed by atoms with Gasteiger partial charge in [0.1, 0.15) is 5.75 Å². The zero-order valence-corrected chi connectivity index (χ0v) is 17.0. The summed E-state index contributed by atoms with van der Waals surface area (Å²) in [5.41, 5.74) is 1.72. The maximum atomic E-state index is 13.1. The molecule has 1 saturated heterocycles. The molecule has 3 rings (SSSR count). The van der Waals surface area contributed by atoms with Gasteiger partial charge in [-0.25, -0.2) is 8.42 Å². The van der Waals surface area contributed by atoms with Gasteiger partial charge in [0.25, 0.3) is 15.9 Å². The van der Waals surface area contributed by atoms with Crippen LogP contribution in [0.3, 0.4) is 0 Å². The zero-order valence-electron chi connectivity index (χ0n) is 16.2. The number of carbonyl (C=O) groups excluding carboxylic acids is 1. The first kappa shape index (κ1) is 20.2. The smallest absolute Gasteiger partial charge is 0.262 e. The monoisotopic (exact) mass is 404 g/mol. The van der Waals surface area contributed by atoms with E-state index in [1.807, 2.05) is 0 Å². The molecule has 0 spiro atoms. The van der Waals surface area contributed by atoms with Gasteiger partial charge in [-0.1, -0.05) is 12.1 Å². The Balaban J connectivity index is 1.95. The molecule has 8 heteroatoms. The predicted molar refractivity (Wildman–Crippen MR) is 106 cm³/mol. The highest BCUT2D eigenvalue weighted by atomic mass is 32.2. The number of hydrogen-bond donors (Lipinski definition) is 1. The van der Waals surface area contributed by atoms with Crippen molar-refractivity contribution in [1.29, 1.82) is 0 Å². The van der Waals surface area contributed by atoms with Crippen molar-refractivity contribution in [3.05, 3.63) is 53.1 Å². The number of hydrogen-bond acceptors (Lipinski definition) is 5. The number of morpholine rings is 1. The van der Waals surface area contributed by atoms with Gasteiger partial charge < -0.3 is 14.4 Å². The topological polar surface area (TPSA) is 84.9 Å². The zero-order chi connectivity index (χ0) is 20.3. The molecular weight excluding hydrogens is 380 g/mol. The van der Waals surface area contributed by atoms with Crippen LogP contribution in [0.5, 0.6) is 5.75 Å². The van der Waals surface area contributed by atoms with Crippen LogP contribution in [-0.4, -0.2) is 52.6 Å². The summed E-state index contributed by atoms with van der Waals surface area (Å²) >= 11 is 0. The van der Waals surface area contributed by atoms with Crippen molar-refractivity contribution >= 4 is 21.6 Å². The van der Waals surface area contributed by atoms with Crippen LogP contribution in [0.15, 0.2) is 41.3 Å². The maximum Gasteiger partial charge on any atom is 0.262 e. The summed E-state index contributed by atoms with van der Waals surface area (Å²) in [6.45, 7) is 5.35. The SMILES string of the molecule is COc1cc(C)c(S(=O)(=O)Nc2ccccc2C(=O)N2CCOCC2)c(C)c1. The Kier molecular flexibility index (Phi) is 5.90. The van der Waals surface area contributed by atoms with Gasteiger partial charge in [-0.15, -0.1) is 0 Å². The maximum absolute atomic E-state index is 13.1. The second kappa shape index (κ2) is 8.20. The summed E-state index contributed by atoms with van der Waals surface area (Å²) in [5.74, 6) is 0.377. The molecule has 0 aliphatic carbocycles. The Morgan fingerprint density at radius 2 is 1.71 bits per heavy atom. The van der Waals surface area contributed by atoms with E-state index < -0.39 is 10.0 Å². The number of aryl methyl sites for hydroxylation is 2. The number of ether oxygens (including phenoxy) is 2. The van der Waals surface area contributed by atoms with Crippen molar-refractivity contribution in [2.45, 2.75) is 18.7 Å². The van der Waals surface area contributed by atoms with Crippen LogP contribution in [0.1, 0.15) is 21.5 Å². The normalized spacial score (nSPS) is 14.6. The molecule has 0 unspecified atom stereocenters. The van der Waals surface area contributed by atoms with Gasteiger partial charge in [-0.2, -0.15) is 0 Å². The number of nitrogens with zero attached hydrogens (tertiary/aromatic N) is 1. The number of para-hydroxylation sites is 1. The number of rotatable bonds is 5. The van der Waals surface area contributed by atoms with Crippen molar-refractivity contribution in [1.82, 2.24) is 4.90 Å². The molecule has 0 aromatic heterocycles. The van der Waals surface area contributed by atoms with E-state index in [0.717, 1.165) is 0 Å².